The predicted molar refractivity (Wildman–Crippen MR) is 120 cm³/mol. The van der Waals surface area contributed by atoms with E-state index in [0.29, 0.717) is 22.3 Å². The van der Waals surface area contributed by atoms with Crippen LogP contribution in [0.3, 0.4) is 0 Å². The van der Waals surface area contributed by atoms with Gasteiger partial charge in [0.15, 0.2) is 11.4 Å². The van der Waals surface area contributed by atoms with Gasteiger partial charge in [-0.15, -0.1) is 0 Å². The van der Waals surface area contributed by atoms with Gasteiger partial charge in [-0.25, -0.2) is 0 Å². The summed E-state index contributed by atoms with van der Waals surface area (Å²) in [6.07, 6.45) is 1.75. The number of pyridine rings is 1. The van der Waals surface area contributed by atoms with Gasteiger partial charge in [0.25, 0.3) is 0 Å². The average Bonchev–Trinajstić information content (AvgIpc) is 2.81. The summed E-state index contributed by atoms with van der Waals surface area (Å²) in [5.74, 6) is -7.52. The molecular weight excluding hydrogens is 456 g/mol. The van der Waals surface area contributed by atoms with Crippen molar-refractivity contribution in [2.75, 3.05) is 0 Å². The van der Waals surface area contributed by atoms with E-state index in [-0.39, 0.29) is 42.8 Å². The van der Waals surface area contributed by atoms with Crippen LogP contribution in [0.1, 0.15) is 29.5 Å². The van der Waals surface area contributed by atoms with Crippen molar-refractivity contribution in [1.29, 1.82) is 0 Å². The first-order chi connectivity index (χ1) is 16.6. The molecule has 1 aromatic carbocycles. The molecule has 5 atom stereocenters. The zero-order valence-electron chi connectivity index (χ0n) is 18.5. The molecule has 10 heteroatoms. The minimum absolute atomic E-state index is 0.00768. The first kappa shape index (κ1) is 23.2. The van der Waals surface area contributed by atoms with Crippen LogP contribution in [-0.4, -0.2) is 59.7 Å². The number of phenolic OH excluding ortho intramolecular Hbond substituents is 1. The number of hydrogen-bond donors (Lipinski definition) is 6. The normalized spacial score (nSPS) is 29.9. The number of ketones is 2. The van der Waals surface area contributed by atoms with Crippen molar-refractivity contribution in [2.45, 2.75) is 37.6 Å². The molecule has 2 saturated carbocycles. The highest BCUT2D eigenvalue weighted by Crippen LogP contribution is 2.52. The fraction of sp³-hybridized carbons (Fsp3) is 0.360. The molecule has 5 rings (SSSR count). The third-order valence-electron chi connectivity index (χ3n) is 7.56. The van der Waals surface area contributed by atoms with E-state index in [2.05, 4.69) is 4.98 Å². The first-order valence-corrected chi connectivity index (χ1v) is 11.2. The molecule has 2 unspecified atom stereocenters. The Kier molecular flexibility index (Phi) is 5.28. The van der Waals surface area contributed by atoms with E-state index in [9.17, 15) is 39.9 Å². The molecule has 35 heavy (non-hydrogen) atoms. The lowest BCUT2D eigenvalue weighted by Gasteiger charge is -2.48. The van der Waals surface area contributed by atoms with E-state index in [1.807, 2.05) is 0 Å². The zero-order valence-corrected chi connectivity index (χ0v) is 18.5. The maximum absolute atomic E-state index is 13.5. The second-order valence-corrected chi connectivity index (χ2v) is 9.46. The summed E-state index contributed by atoms with van der Waals surface area (Å²) < 4.78 is 0. The van der Waals surface area contributed by atoms with E-state index in [0.717, 1.165) is 0 Å². The van der Waals surface area contributed by atoms with Crippen molar-refractivity contribution < 1.29 is 39.9 Å². The van der Waals surface area contributed by atoms with E-state index in [4.69, 9.17) is 5.73 Å². The van der Waals surface area contributed by atoms with E-state index in [1.165, 1.54) is 12.3 Å². The lowest BCUT2D eigenvalue weighted by atomic mass is 9.56. The lowest BCUT2D eigenvalue weighted by Crippen LogP contribution is -2.66. The van der Waals surface area contributed by atoms with Gasteiger partial charge in [-0.1, -0.05) is 6.07 Å². The van der Waals surface area contributed by atoms with Gasteiger partial charge >= 0.3 is 0 Å². The molecule has 2 aromatic rings. The first-order valence-electron chi connectivity index (χ1n) is 11.2. The van der Waals surface area contributed by atoms with Crippen molar-refractivity contribution in [3.63, 3.8) is 0 Å². The topological polar surface area (TPSA) is 191 Å². The largest absolute Gasteiger partial charge is 0.507 e. The number of nitrogens with zero attached hydrogens (tertiary/aromatic N) is 1. The Balaban J connectivity index is 1.66. The van der Waals surface area contributed by atoms with Gasteiger partial charge in [-0.05, 0) is 54.0 Å². The fourth-order valence-corrected chi connectivity index (χ4v) is 5.92. The van der Waals surface area contributed by atoms with Gasteiger partial charge in [0.2, 0.25) is 11.7 Å². The molecule has 2 fully saturated rings. The number of phenols is 1. The Bertz CT molecular complexity index is 1320. The van der Waals surface area contributed by atoms with Gasteiger partial charge in [0.1, 0.15) is 17.4 Å². The Morgan fingerprint density at radius 1 is 1.17 bits per heavy atom. The summed E-state index contributed by atoms with van der Waals surface area (Å²) in [4.78, 5) is 42.5. The monoisotopic (exact) mass is 480 g/mol. The van der Waals surface area contributed by atoms with Crippen LogP contribution in [0.25, 0.3) is 16.9 Å². The standard InChI is InChI=1S/C25H24N2O8/c26-24(34)20-17(30)6-13-4-11-5-15-14(12-3-10(9-28)7-27-8-12)1-2-16(29)19(15)21(31)18(11)22(32)25(13,35)23(20)33/h1-3,7-8,11,13,17,20,28-31,35H,4-6,9H2,(H2,26,34)/t11-,13+,17?,20?,25+/m1/s1. The minimum Gasteiger partial charge on any atom is -0.507 e. The van der Waals surface area contributed by atoms with Crippen molar-refractivity contribution in [2.24, 2.45) is 23.5 Å². The Hall–Kier alpha value is -3.60. The molecule has 7 N–H and O–H groups in total. The van der Waals surface area contributed by atoms with Gasteiger partial charge in [-0.2, -0.15) is 0 Å². The van der Waals surface area contributed by atoms with E-state index < -0.39 is 52.7 Å². The highest BCUT2D eigenvalue weighted by atomic mass is 16.3. The van der Waals surface area contributed by atoms with Crippen LogP contribution in [0.5, 0.6) is 5.75 Å². The Labute approximate surface area is 199 Å². The van der Waals surface area contributed by atoms with Gasteiger partial charge < -0.3 is 31.3 Å². The predicted octanol–water partition coefficient (Wildman–Crippen LogP) is 0.143. The number of amides is 1. The number of aromatic nitrogens is 1. The zero-order chi connectivity index (χ0) is 25.2. The fourth-order valence-electron chi connectivity index (χ4n) is 5.92. The number of hydrogen-bond acceptors (Lipinski definition) is 9. The van der Waals surface area contributed by atoms with Crippen LogP contribution in [0, 0.1) is 17.8 Å². The van der Waals surface area contributed by atoms with Crippen LogP contribution >= 0.6 is 0 Å². The Morgan fingerprint density at radius 3 is 2.60 bits per heavy atom. The summed E-state index contributed by atoms with van der Waals surface area (Å²) in [5, 5.41) is 52.9. The highest BCUT2D eigenvalue weighted by Gasteiger charge is 2.63. The van der Waals surface area contributed by atoms with E-state index >= 15 is 0 Å². The number of nitrogens with two attached hydrogens (primary N) is 1. The molecule has 1 heterocycles. The number of carbonyl (C=O) groups is 3. The number of benzene rings is 1. The number of rotatable bonds is 3. The lowest BCUT2D eigenvalue weighted by molar-refractivity contribution is -0.174. The van der Waals surface area contributed by atoms with E-state index in [1.54, 1.807) is 18.3 Å². The summed E-state index contributed by atoms with van der Waals surface area (Å²) >= 11 is 0. The molecule has 0 spiro atoms. The van der Waals surface area contributed by atoms with Crippen LogP contribution in [0.4, 0.5) is 0 Å². The molecule has 3 aliphatic rings. The second-order valence-electron chi connectivity index (χ2n) is 9.46. The molecule has 1 amide bonds. The van der Waals surface area contributed by atoms with Crippen LogP contribution in [0.2, 0.25) is 0 Å². The third-order valence-corrected chi connectivity index (χ3v) is 7.56. The molecular formula is C25H24N2O8. The van der Waals surface area contributed by atoms with Crippen LogP contribution in [0.15, 0.2) is 36.2 Å². The van der Waals surface area contributed by atoms with Crippen molar-refractivity contribution >= 4 is 23.2 Å². The van der Waals surface area contributed by atoms with Crippen molar-refractivity contribution in [1.82, 2.24) is 4.98 Å². The minimum atomic E-state index is -2.61. The number of fused-ring (bicyclic) bond motifs is 3. The quantitative estimate of drug-likeness (QED) is 0.332. The van der Waals surface area contributed by atoms with Gasteiger partial charge in [0.05, 0.1) is 18.3 Å². The van der Waals surface area contributed by atoms with Crippen molar-refractivity contribution in [3.05, 3.63) is 52.9 Å². The summed E-state index contributed by atoms with van der Waals surface area (Å²) in [6, 6.07) is 4.73. The number of aliphatic hydroxyl groups is 4. The number of primary amides is 1. The van der Waals surface area contributed by atoms with Crippen molar-refractivity contribution in [3.8, 4) is 16.9 Å². The number of aromatic hydroxyl groups is 1. The number of aliphatic hydroxyl groups excluding tert-OH is 3. The van der Waals surface area contributed by atoms with Crippen LogP contribution in [-0.2, 0) is 27.4 Å². The second kappa shape index (κ2) is 7.98. The highest BCUT2D eigenvalue weighted by molar-refractivity contribution is 6.24. The SMILES string of the molecule is NC(=O)C1C(=O)[C@@]2(O)C(=O)C3=C(O)c4c(O)ccc(-c5cncc(CO)c5)c4C[C@H]3C[C@H]2CC1O. The third kappa shape index (κ3) is 3.21. The molecule has 0 bridgehead atoms. The molecule has 0 radical (unpaired) electrons. The average molecular weight is 480 g/mol. The van der Waals surface area contributed by atoms with Crippen LogP contribution < -0.4 is 5.73 Å². The molecule has 3 aliphatic carbocycles. The van der Waals surface area contributed by atoms with Gasteiger partial charge in [-0.3, -0.25) is 19.4 Å². The molecule has 0 saturated heterocycles. The smallest absolute Gasteiger partial charge is 0.230 e. The maximum atomic E-state index is 13.5. The summed E-state index contributed by atoms with van der Waals surface area (Å²) in [5.41, 5.74) is 4.83. The summed E-state index contributed by atoms with van der Waals surface area (Å²) in [6.45, 7) is -0.226. The molecule has 1 aromatic heterocycles. The maximum Gasteiger partial charge on any atom is 0.230 e. The number of carbonyl (C=O) groups excluding carboxylic acids is 3. The summed E-state index contributed by atoms with van der Waals surface area (Å²) in [7, 11) is 0. The molecule has 10 nitrogen and oxygen atoms in total. The molecule has 182 valence electrons. The van der Waals surface area contributed by atoms with Gasteiger partial charge in [0, 0.05) is 29.4 Å². The molecule has 0 aliphatic heterocycles. The number of Topliss-reactive ketones (excluding diaryl/α,β-unsaturated/α-hetero) is 2. The Morgan fingerprint density at radius 2 is 1.91 bits per heavy atom.